The van der Waals surface area contributed by atoms with Gasteiger partial charge < -0.3 is 14.7 Å². The maximum absolute atomic E-state index is 13.0. The van der Waals surface area contributed by atoms with Crippen LogP contribution < -0.4 is 4.74 Å². The third-order valence-corrected chi connectivity index (χ3v) is 6.87. The van der Waals surface area contributed by atoms with E-state index in [0.717, 1.165) is 16.7 Å². The number of β-amino-alcohol motifs (C(OH)–C–C–N with tert-alkyl or cyclic N) is 1. The molecule has 1 unspecified atom stereocenters. The van der Waals surface area contributed by atoms with Gasteiger partial charge in [0.05, 0.1) is 17.6 Å². The summed E-state index contributed by atoms with van der Waals surface area (Å²) < 4.78 is 32.5. The number of aryl methyl sites for hydroxylation is 1. The van der Waals surface area contributed by atoms with Crippen molar-refractivity contribution in [3.63, 3.8) is 0 Å². The van der Waals surface area contributed by atoms with E-state index in [1.807, 2.05) is 32.0 Å². The minimum absolute atomic E-state index is 0.108. The molecule has 1 aliphatic rings. The van der Waals surface area contributed by atoms with Gasteiger partial charge in [-0.25, -0.2) is 13.4 Å². The Bertz CT molecular complexity index is 944. The lowest BCUT2D eigenvalue weighted by Gasteiger charge is -2.26. The first-order valence-electron chi connectivity index (χ1n) is 9.13. The van der Waals surface area contributed by atoms with Crippen LogP contribution in [0.5, 0.6) is 5.88 Å². The molecular formula is C20H27N3O4S. The van der Waals surface area contributed by atoms with E-state index in [1.54, 1.807) is 37.6 Å². The van der Waals surface area contributed by atoms with Crippen molar-refractivity contribution >= 4 is 10.0 Å². The van der Waals surface area contributed by atoms with Gasteiger partial charge in [-0.2, -0.15) is 4.31 Å². The van der Waals surface area contributed by atoms with Crippen molar-refractivity contribution in [3.05, 3.63) is 42.1 Å². The molecule has 1 atom stereocenters. The molecule has 1 aromatic heterocycles. The number of pyridine rings is 1. The van der Waals surface area contributed by atoms with Crippen molar-refractivity contribution in [2.45, 2.75) is 23.8 Å². The second kappa shape index (κ2) is 7.79. The number of hydrogen-bond acceptors (Lipinski definition) is 6. The highest BCUT2D eigenvalue weighted by Crippen LogP contribution is 2.30. The lowest BCUT2D eigenvalue weighted by Crippen LogP contribution is -2.43. The Morgan fingerprint density at radius 1 is 1.29 bits per heavy atom. The summed E-state index contributed by atoms with van der Waals surface area (Å²) in [5.74, 6) is 0.541. The van der Waals surface area contributed by atoms with Gasteiger partial charge in [0.25, 0.3) is 0 Å². The Kier molecular flexibility index (Phi) is 5.77. The van der Waals surface area contributed by atoms with E-state index in [1.165, 1.54) is 4.31 Å². The van der Waals surface area contributed by atoms with Crippen LogP contribution >= 0.6 is 0 Å². The maximum Gasteiger partial charge on any atom is 0.243 e. The van der Waals surface area contributed by atoms with Gasteiger partial charge >= 0.3 is 0 Å². The summed E-state index contributed by atoms with van der Waals surface area (Å²) in [5.41, 5.74) is 1.79. The summed E-state index contributed by atoms with van der Waals surface area (Å²) in [6, 6.07) is 8.63. The van der Waals surface area contributed by atoms with E-state index >= 15 is 0 Å². The van der Waals surface area contributed by atoms with E-state index in [-0.39, 0.29) is 11.4 Å². The number of aromatic nitrogens is 1. The molecule has 0 spiro atoms. The Labute approximate surface area is 166 Å². The van der Waals surface area contributed by atoms with Crippen molar-refractivity contribution in [2.24, 2.45) is 0 Å². The second-order valence-corrected chi connectivity index (χ2v) is 9.55. The highest BCUT2D eigenvalue weighted by atomic mass is 32.2. The summed E-state index contributed by atoms with van der Waals surface area (Å²) in [5, 5.41) is 10.6. The van der Waals surface area contributed by atoms with Crippen molar-refractivity contribution in [3.8, 4) is 17.0 Å². The third kappa shape index (κ3) is 4.20. The molecule has 1 saturated heterocycles. The topological polar surface area (TPSA) is 83.0 Å². The molecule has 0 bridgehead atoms. The minimum atomic E-state index is -3.65. The quantitative estimate of drug-likeness (QED) is 0.788. The van der Waals surface area contributed by atoms with Crippen molar-refractivity contribution in [1.29, 1.82) is 0 Å². The van der Waals surface area contributed by atoms with E-state index < -0.39 is 15.6 Å². The fraction of sp³-hybridized carbons (Fsp3) is 0.450. The van der Waals surface area contributed by atoms with Gasteiger partial charge in [0.2, 0.25) is 15.9 Å². The standard InChI is InChI=1S/C20H27N3O4S/c1-15-11-19(27-4)21-12-18(15)16-5-7-17(8-6-16)28(25,26)23-10-9-20(24,14-23)13-22(2)3/h5-8,11-12,24H,9-10,13-14H2,1-4H3. The number of rotatable bonds is 6. The molecule has 7 nitrogen and oxygen atoms in total. The molecule has 1 fully saturated rings. The first-order valence-corrected chi connectivity index (χ1v) is 10.6. The van der Waals surface area contributed by atoms with Crippen molar-refractivity contribution in [2.75, 3.05) is 40.8 Å². The monoisotopic (exact) mass is 405 g/mol. The van der Waals surface area contributed by atoms with Crippen LogP contribution in [0.4, 0.5) is 0 Å². The number of nitrogens with zero attached hydrogens (tertiary/aromatic N) is 3. The normalized spacial score (nSPS) is 20.6. The number of methoxy groups -OCH3 is 1. The molecule has 2 heterocycles. The zero-order valence-corrected chi connectivity index (χ0v) is 17.5. The molecule has 3 rings (SSSR count). The summed E-state index contributed by atoms with van der Waals surface area (Å²) >= 11 is 0. The van der Waals surface area contributed by atoms with Gasteiger partial charge in [0.15, 0.2) is 0 Å². The average molecular weight is 406 g/mol. The highest BCUT2D eigenvalue weighted by Gasteiger charge is 2.41. The second-order valence-electron chi connectivity index (χ2n) is 7.62. The molecule has 1 aliphatic heterocycles. The largest absolute Gasteiger partial charge is 0.481 e. The van der Waals surface area contributed by atoms with Crippen LogP contribution in [-0.4, -0.2) is 74.2 Å². The molecule has 2 aromatic rings. The highest BCUT2D eigenvalue weighted by molar-refractivity contribution is 7.89. The number of benzene rings is 1. The molecule has 8 heteroatoms. The first-order chi connectivity index (χ1) is 13.1. The summed E-state index contributed by atoms with van der Waals surface area (Å²) in [7, 11) is 1.65. The molecule has 0 aliphatic carbocycles. The number of hydrogen-bond donors (Lipinski definition) is 1. The third-order valence-electron chi connectivity index (χ3n) is 5.01. The van der Waals surface area contributed by atoms with Gasteiger partial charge in [-0.05, 0) is 50.7 Å². The lowest BCUT2D eigenvalue weighted by atomic mass is 10.0. The number of ether oxygens (including phenoxy) is 1. The predicted molar refractivity (Wildman–Crippen MR) is 108 cm³/mol. The van der Waals surface area contributed by atoms with Gasteiger partial charge in [-0.15, -0.1) is 0 Å². The number of sulfonamides is 1. The molecular weight excluding hydrogens is 378 g/mol. The average Bonchev–Trinajstić information content (AvgIpc) is 3.03. The molecule has 0 radical (unpaired) electrons. The number of aliphatic hydroxyl groups is 1. The van der Waals surface area contributed by atoms with Crippen molar-refractivity contribution in [1.82, 2.24) is 14.2 Å². The van der Waals surface area contributed by atoms with Crippen LogP contribution in [0.1, 0.15) is 12.0 Å². The van der Waals surface area contributed by atoms with Crippen LogP contribution in [0.25, 0.3) is 11.1 Å². The molecule has 1 N–H and O–H groups in total. The fourth-order valence-corrected chi connectivity index (χ4v) is 5.16. The van der Waals surface area contributed by atoms with Crippen LogP contribution in [0, 0.1) is 6.92 Å². The molecule has 1 aromatic carbocycles. The van der Waals surface area contributed by atoms with Gasteiger partial charge in [-0.1, -0.05) is 12.1 Å². The van der Waals surface area contributed by atoms with Crippen LogP contribution in [-0.2, 0) is 10.0 Å². The Balaban J connectivity index is 1.81. The van der Waals surface area contributed by atoms with Crippen LogP contribution in [0.3, 0.4) is 0 Å². The lowest BCUT2D eigenvalue weighted by molar-refractivity contribution is 0.0302. The summed E-state index contributed by atoms with van der Waals surface area (Å²) in [6.07, 6.45) is 2.15. The Morgan fingerprint density at radius 2 is 1.96 bits per heavy atom. The van der Waals surface area contributed by atoms with E-state index in [4.69, 9.17) is 4.74 Å². The molecule has 0 amide bonds. The number of likely N-dealkylation sites (N-methyl/N-ethyl adjacent to an activating group) is 1. The zero-order valence-electron chi connectivity index (χ0n) is 16.7. The molecule has 0 saturated carbocycles. The van der Waals surface area contributed by atoms with Crippen molar-refractivity contribution < 1.29 is 18.3 Å². The zero-order chi connectivity index (χ0) is 20.5. The van der Waals surface area contributed by atoms with E-state index in [2.05, 4.69) is 4.98 Å². The molecule has 152 valence electrons. The molecule has 28 heavy (non-hydrogen) atoms. The first kappa shape index (κ1) is 20.7. The van der Waals surface area contributed by atoms with Gasteiger partial charge in [0, 0.05) is 37.5 Å². The maximum atomic E-state index is 13.0. The fourth-order valence-electron chi connectivity index (χ4n) is 3.64. The Morgan fingerprint density at radius 3 is 2.54 bits per heavy atom. The Hall–Kier alpha value is -2.00. The minimum Gasteiger partial charge on any atom is -0.481 e. The predicted octanol–water partition coefficient (Wildman–Crippen LogP) is 1.75. The van der Waals surface area contributed by atoms with Gasteiger partial charge in [0.1, 0.15) is 0 Å². The van der Waals surface area contributed by atoms with E-state index in [0.29, 0.717) is 25.4 Å². The SMILES string of the molecule is COc1cc(C)c(-c2ccc(S(=O)(=O)N3CCC(O)(CN(C)C)C3)cc2)cn1. The van der Waals surface area contributed by atoms with Crippen LogP contribution in [0.15, 0.2) is 41.4 Å². The van der Waals surface area contributed by atoms with Crippen LogP contribution in [0.2, 0.25) is 0 Å². The summed E-state index contributed by atoms with van der Waals surface area (Å²) in [4.78, 5) is 6.33. The summed E-state index contributed by atoms with van der Waals surface area (Å²) in [6.45, 7) is 2.81. The smallest absolute Gasteiger partial charge is 0.243 e. The van der Waals surface area contributed by atoms with E-state index in [9.17, 15) is 13.5 Å². The van der Waals surface area contributed by atoms with Gasteiger partial charge in [-0.3, -0.25) is 0 Å².